The summed E-state index contributed by atoms with van der Waals surface area (Å²) >= 11 is 5.85. The highest BCUT2D eigenvalue weighted by atomic mass is 35.5. The van der Waals surface area contributed by atoms with E-state index in [9.17, 15) is 9.90 Å². The second kappa shape index (κ2) is 5.14. The normalized spacial score (nSPS) is 10.8. The van der Waals surface area contributed by atoms with Crippen LogP contribution in [0.5, 0.6) is 11.5 Å². The highest BCUT2D eigenvalue weighted by molar-refractivity contribution is 6.30. The standard InChI is InChI=1S/C16H12ClNO3/c1-21-13-8-10-6-7-18(12-4-2-11(17)3-5-12)16(20)15(10)14(19)9-13/h2-9,19H,1H3. The van der Waals surface area contributed by atoms with Gasteiger partial charge in [0, 0.05) is 23.0 Å². The second-order valence-electron chi connectivity index (χ2n) is 4.58. The molecule has 0 unspecified atom stereocenters. The highest BCUT2D eigenvalue weighted by Crippen LogP contribution is 2.28. The van der Waals surface area contributed by atoms with Crippen LogP contribution >= 0.6 is 11.6 Å². The summed E-state index contributed by atoms with van der Waals surface area (Å²) in [5.74, 6) is 0.404. The van der Waals surface area contributed by atoms with Crippen molar-refractivity contribution in [3.05, 3.63) is 64.0 Å². The Kier molecular flexibility index (Phi) is 3.31. The van der Waals surface area contributed by atoms with Crippen LogP contribution in [0, 0.1) is 0 Å². The van der Waals surface area contributed by atoms with Crippen LogP contribution in [0.3, 0.4) is 0 Å². The van der Waals surface area contributed by atoms with Crippen LogP contribution in [0.4, 0.5) is 0 Å². The molecule has 21 heavy (non-hydrogen) atoms. The molecule has 0 aliphatic carbocycles. The van der Waals surface area contributed by atoms with E-state index in [0.29, 0.717) is 21.8 Å². The zero-order chi connectivity index (χ0) is 15.0. The van der Waals surface area contributed by atoms with E-state index in [1.54, 1.807) is 42.6 Å². The molecule has 1 heterocycles. The van der Waals surface area contributed by atoms with Gasteiger partial charge in [-0.15, -0.1) is 0 Å². The number of phenols is 1. The third-order valence-electron chi connectivity index (χ3n) is 3.30. The van der Waals surface area contributed by atoms with Crippen LogP contribution in [-0.2, 0) is 0 Å². The summed E-state index contributed by atoms with van der Waals surface area (Å²) in [6.07, 6.45) is 1.66. The van der Waals surface area contributed by atoms with Gasteiger partial charge in [0.15, 0.2) is 0 Å². The first kappa shape index (κ1) is 13.5. The van der Waals surface area contributed by atoms with Gasteiger partial charge in [-0.1, -0.05) is 11.6 Å². The number of aromatic nitrogens is 1. The smallest absolute Gasteiger partial charge is 0.266 e. The third-order valence-corrected chi connectivity index (χ3v) is 3.55. The molecule has 0 saturated carbocycles. The topological polar surface area (TPSA) is 51.5 Å². The molecule has 3 rings (SSSR count). The van der Waals surface area contributed by atoms with E-state index in [2.05, 4.69) is 0 Å². The number of ether oxygens (including phenoxy) is 1. The van der Waals surface area contributed by atoms with Gasteiger partial charge in [-0.3, -0.25) is 9.36 Å². The van der Waals surface area contributed by atoms with Crippen molar-refractivity contribution in [3.63, 3.8) is 0 Å². The van der Waals surface area contributed by atoms with Crippen LogP contribution in [0.2, 0.25) is 5.02 Å². The second-order valence-corrected chi connectivity index (χ2v) is 5.01. The maximum Gasteiger partial charge on any atom is 0.266 e. The van der Waals surface area contributed by atoms with Gasteiger partial charge in [-0.2, -0.15) is 0 Å². The number of hydrogen-bond donors (Lipinski definition) is 1. The molecule has 106 valence electrons. The zero-order valence-electron chi connectivity index (χ0n) is 11.2. The average molecular weight is 302 g/mol. The first-order valence-electron chi connectivity index (χ1n) is 6.28. The van der Waals surface area contributed by atoms with Gasteiger partial charge in [0.2, 0.25) is 0 Å². The lowest BCUT2D eigenvalue weighted by atomic mass is 10.1. The molecule has 0 atom stereocenters. The van der Waals surface area contributed by atoms with E-state index < -0.39 is 0 Å². The van der Waals surface area contributed by atoms with Crippen molar-refractivity contribution in [2.45, 2.75) is 0 Å². The number of hydrogen-bond acceptors (Lipinski definition) is 3. The SMILES string of the molecule is COc1cc(O)c2c(=O)n(-c3ccc(Cl)cc3)ccc2c1. The lowest BCUT2D eigenvalue weighted by molar-refractivity contribution is 0.409. The average Bonchev–Trinajstić information content (AvgIpc) is 2.48. The van der Waals surface area contributed by atoms with Crippen molar-refractivity contribution in [2.24, 2.45) is 0 Å². The lowest BCUT2D eigenvalue weighted by Crippen LogP contribution is -2.17. The predicted molar refractivity (Wildman–Crippen MR) is 82.8 cm³/mol. The molecular formula is C16H12ClNO3. The molecule has 0 bridgehead atoms. The molecule has 2 aromatic carbocycles. The number of phenolic OH excluding ortho intramolecular Hbond substituents is 1. The number of benzene rings is 2. The van der Waals surface area contributed by atoms with Crippen LogP contribution in [-0.4, -0.2) is 16.8 Å². The lowest BCUT2D eigenvalue weighted by Gasteiger charge is -2.09. The largest absolute Gasteiger partial charge is 0.507 e. The van der Waals surface area contributed by atoms with Crippen LogP contribution < -0.4 is 10.3 Å². The van der Waals surface area contributed by atoms with Gasteiger partial charge in [0.25, 0.3) is 5.56 Å². The minimum Gasteiger partial charge on any atom is -0.507 e. The molecule has 0 fully saturated rings. The molecule has 1 aromatic heterocycles. The molecule has 0 spiro atoms. The molecule has 4 nitrogen and oxygen atoms in total. The van der Waals surface area contributed by atoms with Gasteiger partial charge < -0.3 is 9.84 Å². The van der Waals surface area contributed by atoms with Gasteiger partial charge in [0.1, 0.15) is 11.5 Å². The number of nitrogens with zero attached hydrogens (tertiary/aromatic N) is 1. The molecule has 0 radical (unpaired) electrons. The van der Waals surface area contributed by atoms with E-state index in [1.807, 2.05) is 0 Å². The van der Waals surface area contributed by atoms with Gasteiger partial charge in [-0.05, 0) is 41.8 Å². The van der Waals surface area contributed by atoms with Crippen molar-refractivity contribution in [1.82, 2.24) is 4.57 Å². The van der Waals surface area contributed by atoms with E-state index in [4.69, 9.17) is 16.3 Å². The maximum atomic E-state index is 12.6. The van der Waals surface area contributed by atoms with Crippen molar-refractivity contribution in [3.8, 4) is 17.2 Å². The van der Waals surface area contributed by atoms with E-state index in [1.165, 1.54) is 17.7 Å². The maximum absolute atomic E-state index is 12.6. The van der Waals surface area contributed by atoms with Gasteiger partial charge >= 0.3 is 0 Å². The first-order chi connectivity index (χ1) is 10.1. The number of fused-ring (bicyclic) bond motifs is 1. The summed E-state index contributed by atoms with van der Waals surface area (Å²) in [6.45, 7) is 0. The Balaban J connectivity index is 2.28. The van der Waals surface area contributed by atoms with Crippen LogP contribution in [0.1, 0.15) is 0 Å². The fourth-order valence-electron chi connectivity index (χ4n) is 2.25. The highest BCUT2D eigenvalue weighted by Gasteiger charge is 2.10. The molecule has 0 aliphatic heterocycles. The number of halogens is 1. The quantitative estimate of drug-likeness (QED) is 0.789. The van der Waals surface area contributed by atoms with E-state index >= 15 is 0 Å². The molecular weight excluding hydrogens is 290 g/mol. The molecule has 3 aromatic rings. The number of methoxy groups -OCH3 is 1. The van der Waals surface area contributed by atoms with Crippen molar-refractivity contribution >= 4 is 22.4 Å². The summed E-state index contributed by atoms with van der Waals surface area (Å²) in [6, 6.07) is 11.8. The number of aromatic hydroxyl groups is 1. The van der Waals surface area contributed by atoms with Crippen molar-refractivity contribution in [1.29, 1.82) is 0 Å². The molecule has 0 aliphatic rings. The van der Waals surface area contributed by atoms with Crippen molar-refractivity contribution in [2.75, 3.05) is 7.11 Å². The fourth-order valence-corrected chi connectivity index (χ4v) is 2.38. The summed E-state index contributed by atoms with van der Waals surface area (Å²) in [5, 5.41) is 11.5. The Morgan fingerprint density at radius 2 is 1.86 bits per heavy atom. The molecule has 0 amide bonds. The molecule has 0 saturated heterocycles. The summed E-state index contributed by atoms with van der Waals surface area (Å²) in [4.78, 5) is 12.6. The number of pyridine rings is 1. The third kappa shape index (κ3) is 2.34. The minimum absolute atomic E-state index is 0.0994. The van der Waals surface area contributed by atoms with E-state index in [-0.39, 0.29) is 16.7 Å². The number of rotatable bonds is 2. The van der Waals surface area contributed by atoms with Gasteiger partial charge in [0.05, 0.1) is 12.5 Å². The Morgan fingerprint density at radius 3 is 2.52 bits per heavy atom. The Labute approximate surface area is 125 Å². The predicted octanol–water partition coefficient (Wildman–Crippen LogP) is 3.36. The van der Waals surface area contributed by atoms with E-state index in [0.717, 1.165) is 0 Å². The first-order valence-corrected chi connectivity index (χ1v) is 6.66. The summed E-state index contributed by atoms with van der Waals surface area (Å²) in [7, 11) is 1.51. The fraction of sp³-hybridized carbons (Fsp3) is 0.0625. The van der Waals surface area contributed by atoms with Gasteiger partial charge in [-0.25, -0.2) is 0 Å². The van der Waals surface area contributed by atoms with Crippen molar-refractivity contribution < 1.29 is 9.84 Å². The Bertz CT molecular complexity index is 869. The summed E-state index contributed by atoms with van der Waals surface area (Å²) in [5.41, 5.74) is 0.386. The Hall–Kier alpha value is -2.46. The molecule has 5 heteroatoms. The van der Waals surface area contributed by atoms with Crippen LogP contribution in [0.15, 0.2) is 53.5 Å². The summed E-state index contributed by atoms with van der Waals surface area (Å²) < 4.78 is 6.55. The monoisotopic (exact) mass is 301 g/mol. The minimum atomic E-state index is -0.296. The Morgan fingerprint density at radius 1 is 1.14 bits per heavy atom. The van der Waals surface area contributed by atoms with Crippen LogP contribution in [0.25, 0.3) is 16.5 Å². The zero-order valence-corrected chi connectivity index (χ0v) is 12.0. The molecule has 1 N–H and O–H groups in total.